The third kappa shape index (κ3) is 2.44. The smallest absolute Gasteiger partial charge is 0.230 e. The van der Waals surface area contributed by atoms with Gasteiger partial charge in [0.05, 0.1) is 3.92 Å². The highest BCUT2D eigenvalue weighted by Crippen LogP contribution is 1.93. The van der Waals surface area contributed by atoms with Crippen molar-refractivity contribution in [3.05, 3.63) is 0 Å². The second-order valence-corrected chi connectivity index (χ2v) is 2.89. The molecule has 0 unspecified atom stereocenters. The van der Waals surface area contributed by atoms with Crippen molar-refractivity contribution in [3.63, 3.8) is 0 Å². The van der Waals surface area contributed by atoms with Gasteiger partial charge in [-0.05, 0) is 6.92 Å². The van der Waals surface area contributed by atoms with Crippen LogP contribution in [0.4, 0.5) is 0 Å². The number of carbonyl (C=O) groups excluding carboxylic acids is 1. The molecule has 0 aliphatic rings. The molecular weight excluding hydrogens is 193 g/mol. The van der Waals surface area contributed by atoms with Crippen molar-refractivity contribution in [2.45, 2.75) is 10.8 Å². The van der Waals surface area contributed by atoms with Gasteiger partial charge in [-0.25, -0.2) is 0 Å². The topological polar surface area (TPSA) is 43.1 Å². The van der Waals surface area contributed by atoms with E-state index in [-0.39, 0.29) is 9.83 Å². The van der Waals surface area contributed by atoms with Gasteiger partial charge in [0.25, 0.3) is 0 Å². The number of hydrogen-bond donors (Lipinski definition) is 1. The van der Waals surface area contributed by atoms with Crippen LogP contribution in [0.1, 0.15) is 6.92 Å². The molecular formula is C3H6INO. The van der Waals surface area contributed by atoms with Crippen molar-refractivity contribution in [1.29, 1.82) is 0 Å². The lowest BCUT2D eigenvalue weighted by atomic mass is 10.5. The van der Waals surface area contributed by atoms with Crippen LogP contribution in [-0.4, -0.2) is 9.83 Å². The highest BCUT2D eigenvalue weighted by atomic mass is 127. The van der Waals surface area contributed by atoms with E-state index in [4.69, 9.17) is 5.73 Å². The first-order valence-electron chi connectivity index (χ1n) is 1.58. The van der Waals surface area contributed by atoms with Crippen molar-refractivity contribution in [1.82, 2.24) is 0 Å². The van der Waals surface area contributed by atoms with Gasteiger partial charge in [0.2, 0.25) is 5.91 Å². The molecule has 2 nitrogen and oxygen atoms in total. The maximum atomic E-state index is 9.91. The van der Waals surface area contributed by atoms with Crippen LogP contribution in [0, 0.1) is 0 Å². The standard InChI is InChI=1S/C3H6INO/c1-2(4)3(5)6/h2H,1H3,(H2,5,6)/t2-/m1/s1. The minimum absolute atomic E-state index is 0.0393. The van der Waals surface area contributed by atoms with Gasteiger partial charge < -0.3 is 5.73 Å². The minimum atomic E-state index is -0.254. The summed E-state index contributed by atoms with van der Waals surface area (Å²) < 4.78 is -0.0393. The molecule has 0 fully saturated rings. The summed E-state index contributed by atoms with van der Waals surface area (Å²) in [6.07, 6.45) is 0. The first kappa shape index (κ1) is 6.20. The molecule has 1 atom stereocenters. The molecule has 2 N–H and O–H groups in total. The average Bonchev–Trinajstić information content (AvgIpc) is 1.36. The van der Waals surface area contributed by atoms with Gasteiger partial charge in [-0.3, -0.25) is 4.79 Å². The van der Waals surface area contributed by atoms with E-state index < -0.39 is 0 Å². The molecule has 0 aromatic rings. The van der Waals surface area contributed by atoms with Crippen LogP contribution in [0.15, 0.2) is 0 Å². The first-order valence-corrected chi connectivity index (χ1v) is 2.82. The van der Waals surface area contributed by atoms with E-state index >= 15 is 0 Å². The Balaban J connectivity index is 3.26. The lowest BCUT2D eigenvalue weighted by Crippen LogP contribution is -2.19. The Morgan fingerprint density at radius 3 is 2.17 bits per heavy atom. The number of halogens is 1. The molecule has 0 bridgehead atoms. The third-order valence-electron chi connectivity index (χ3n) is 0.392. The van der Waals surface area contributed by atoms with E-state index in [1.165, 1.54) is 0 Å². The lowest BCUT2D eigenvalue weighted by molar-refractivity contribution is -0.116. The van der Waals surface area contributed by atoms with Gasteiger partial charge in [-0.1, -0.05) is 22.6 Å². The summed E-state index contributed by atoms with van der Waals surface area (Å²) in [5, 5.41) is 0. The lowest BCUT2D eigenvalue weighted by Gasteiger charge is -1.88. The predicted octanol–water partition coefficient (Wildman–Crippen LogP) is 0.295. The highest BCUT2D eigenvalue weighted by molar-refractivity contribution is 14.1. The maximum absolute atomic E-state index is 9.91. The second kappa shape index (κ2) is 2.39. The third-order valence-corrected chi connectivity index (χ3v) is 1.01. The molecule has 0 saturated carbocycles. The van der Waals surface area contributed by atoms with Crippen molar-refractivity contribution in [2.75, 3.05) is 0 Å². The summed E-state index contributed by atoms with van der Waals surface area (Å²) in [7, 11) is 0. The number of hydrogen-bond acceptors (Lipinski definition) is 1. The Kier molecular flexibility index (Phi) is 2.47. The van der Waals surface area contributed by atoms with Crippen LogP contribution < -0.4 is 5.73 Å². The van der Waals surface area contributed by atoms with E-state index in [1.54, 1.807) is 6.92 Å². The SMILES string of the molecule is C[C@@H](I)C(N)=O. The monoisotopic (exact) mass is 199 g/mol. The highest BCUT2D eigenvalue weighted by Gasteiger charge is 1.98. The zero-order chi connectivity index (χ0) is 5.15. The molecule has 0 aliphatic heterocycles. The molecule has 0 radical (unpaired) electrons. The molecule has 6 heavy (non-hydrogen) atoms. The molecule has 36 valence electrons. The quantitative estimate of drug-likeness (QED) is 0.478. The molecule has 0 saturated heterocycles. The molecule has 0 aromatic carbocycles. The zero-order valence-electron chi connectivity index (χ0n) is 3.44. The second-order valence-electron chi connectivity index (χ2n) is 1.02. The Morgan fingerprint density at radius 1 is 2.00 bits per heavy atom. The molecule has 0 spiro atoms. The normalized spacial score (nSPS) is 13.7. The summed E-state index contributed by atoms with van der Waals surface area (Å²) in [5.41, 5.74) is 4.79. The first-order chi connectivity index (χ1) is 2.64. The number of rotatable bonds is 1. The van der Waals surface area contributed by atoms with Gasteiger partial charge in [0.15, 0.2) is 0 Å². The van der Waals surface area contributed by atoms with Crippen LogP contribution in [0.3, 0.4) is 0 Å². The van der Waals surface area contributed by atoms with E-state index in [0.717, 1.165) is 0 Å². The Labute approximate surface area is 50.2 Å². The summed E-state index contributed by atoms with van der Waals surface area (Å²) >= 11 is 1.96. The van der Waals surface area contributed by atoms with Crippen LogP contribution in [-0.2, 0) is 4.79 Å². The fourth-order valence-electron chi connectivity index (χ4n) is 0. The predicted molar refractivity (Wildman–Crippen MR) is 32.7 cm³/mol. The maximum Gasteiger partial charge on any atom is 0.230 e. The molecule has 0 heterocycles. The Morgan fingerprint density at radius 2 is 2.17 bits per heavy atom. The van der Waals surface area contributed by atoms with Crippen LogP contribution in [0.5, 0.6) is 0 Å². The molecule has 0 aliphatic carbocycles. The largest absolute Gasteiger partial charge is 0.369 e. The van der Waals surface area contributed by atoms with Crippen molar-refractivity contribution < 1.29 is 4.79 Å². The zero-order valence-corrected chi connectivity index (χ0v) is 5.60. The van der Waals surface area contributed by atoms with E-state index in [0.29, 0.717) is 0 Å². The molecule has 0 aromatic heterocycles. The molecule has 0 rings (SSSR count). The van der Waals surface area contributed by atoms with Crippen molar-refractivity contribution in [2.24, 2.45) is 5.73 Å². The van der Waals surface area contributed by atoms with Gasteiger partial charge in [-0.2, -0.15) is 0 Å². The minimum Gasteiger partial charge on any atom is -0.369 e. The van der Waals surface area contributed by atoms with Crippen molar-refractivity contribution in [3.8, 4) is 0 Å². The number of nitrogens with two attached hydrogens (primary N) is 1. The molecule has 1 amide bonds. The van der Waals surface area contributed by atoms with Gasteiger partial charge in [0.1, 0.15) is 0 Å². The summed E-state index contributed by atoms with van der Waals surface area (Å²) in [5.74, 6) is -0.254. The Bertz CT molecular complexity index is 61.8. The van der Waals surface area contributed by atoms with Gasteiger partial charge in [-0.15, -0.1) is 0 Å². The number of alkyl halides is 1. The van der Waals surface area contributed by atoms with Crippen LogP contribution >= 0.6 is 22.6 Å². The summed E-state index contributed by atoms with van der Waals surface area (Å²) in [6.45, 7) is 1.75. The average molecular weight is 199 g/mol. The summed E-state index contributed by atoms with van der Waals surface area (Å²) in [6, 6.07) is 0. The van der Waals surface area contributed by atoms with E-state index in [2.05, 4.69) is 0 Å². The van der Waals surface area contributed by atoms with Crippen LogP contribution in [0.2, 0.25) is 0 Å². The number of amides is 1. The number of carbonyl (C=O) groups is 1. The number of primary amides is 1. The molecule has 3 heteroatoms. The fourth-order valence-corrected chi connectivity index (χ4v) is 0. The van der Waals surface area contributed by atoms with E-state index in [9.17, 15) is 4.79 Å². The summed E-state index contributed by atoms with van der Waals surface area (Å²) in [4.78, 5) is 9.91. The van der Waals surface area contributed by atoms with Crippen molar-refractivity contribution >= 4 is 28.5 Å². The fraction of sp³-hybridized carbons (Fsp3) is 0.667. The van der Waals surface area contributed by atoms with Gasteiger partial charge in [0, 0.05) is 0 Å². The van der Waals surface area contributed by atoms with Gasteiger partial charge >= 0.3 is 0 Å². The Hall–Kier alpha value is 0.200. The van der Waals surface area contributed by atoms with E-state index in [1.807, 2.05) is 22.6 Å². The van der Waals surface area contributed by atoms with Crippen LogP contribution in [0.25, 0.3) is 0 Å².